The van der Waals surface area contributed by atoms with Gasteiger partial charge in [0.05, 0.1) is 12.1 Å². The molecule has 1 rings (SSSR count). The Bertz CT molecular complexity index is 541. The van der Waals surface area contributed by atoms with Gasteiger partial charge in [0.2, 0.25) is 17.7 Å². The van der Waals surface area contributed by atoms with Crippen molar-refractivity contribution in [3.63, 3.8) is 0 Å². The highest BCUT2D eigenvalue weighted by molar-refractivity contribution is 5.87. The van der Waals surface area contributed by atoms with E-state index in [1.807, 2.05) is 6.92 Å². The molecule has 0 aromatic heterocycles. The Morgan fingerprint density at radius 2 is 1.87 bits per heavy atom. The van der Waals surface area contributed by atoms with Crippen LogP contribution in [0.2, 0.25) is 0 Å². The van der Waals surface area contributed by atoms with Crippen LogP contribution in [0.1, 0.15) is 91.9 Å². The van der Waals surface area contributed by atoms with Crippen molar-refractivity contribution in [2.45, 2.75) is 110 Å². The van der Waals surface area contributed by atoms with Crippen molar-refractivity contribution in [3.05, 3.63) is 0 Å². The van der Waals surface area contributed by atoms with Gasteiger partial charge in [-0.25, -0.2) is 0 Å². The fourth-order valence-corrected chi connectivity index (χ4v) is 3.88. The van der Waals surface area contributed by atoms with Crippen LogP contribution in [0.15, 0.2) is 0 Å². The van der Waals surface area contributed by atoms with Crippen molar-refractivity contribution in [2.24, 2.45) is 11.8 Å². The second-order valence-corrected chi connectivity index (χ2v) is 9.05. The van der Waals surface area contributed by atoms with Gasteiger partial charge < -0.3 is 21.1 Å². The molecule has 0 aliphatic carbocycles. The number of amides is 3. The van der Waals surface area contributed by atoms with E-state index < -0.39 is 18.2 Å². The van der Waals surface area contributed by atoms with E-state index in [1.54, 1.807) is 6.92 Å². The lowest BCUT2D eigenvalue weighted by molar-refractivity contribution is -0.130. The normalized spacial score (nSPS) is 26.6. The van der Waals surface area contributed by atoms with Gasteiger partial charge in [-0.3, -0.25) is 14.4 Å². The molecule has 1 aliphatic rings. The average molecular weight is 426 g/mol. The highest BCUT2D eigenvalue weighted by Gasteiger charge is 2.29. The Morgan fingerprint density at radius 3 is 2.57 bits per heavy atom. The molecule has 0 bridgehead atoms. The molecule has 1 heterocycles. The molecule has 2 unspecified atom stereocenters. The van der Waals surface area contributed by atoms with E-state index in [-0.39, 0.29) is 30.1 Å². The maximum Gasteiger partial charge on any atom is 0.242 e. The zero-order chi connectivity index (χ0) is 22.5. The first-order chi connectivity index (χ1) is 14.2. The summed E-state index contributed by atoms with van der Waals surface area (Å²) in [6, 6.07) is -1.10. The monoisotopic (exact) mass is 425 g/mol. The van der Waals surface area contributed by atoms with E-state index in [4.69, 9.17) is 0 Å². The van der Waals surface area contributed by atoms with Crippen LogP contribution < -0.4 is 16.0 Å². The smallest absolute Gasteiger partial charge is 0.242 e. The molecule has 5 atom stereocenters. The van der Waals surface area contributed by atoms with Crippen molar-refractivity contribution in [2.75, 3.05) is 6.54 Å². The number of aliphatic hydroxyl groups excluding tert-OH is 1. The Balaban J connectivity index is 2.77. The first-order valence-electron chi connectivity index (χ1n) is 11.8. The van der Waals surface area contributed by atoms with Crippen molar-refractivity contribution >= 4 is 17.7 Å². The molecule has 0 radical (unpaired) electrons. The number of carbonyl (C=O) groups is 3. The minimum Gasteiger partial charge on any atom is -0.391 e. The van der Waals surface area contributed by atoms with Crippen LogP contribution in [-0.2, 0) is 14.4 Å². The number of rotatable bonds is 7. The van der Waals surface area contributed by atoms with Crippen LogP contribution in [0, 0.1) is 11.8 Å². The minimum absolute atomic E-state index is 0.0663. The molecule has 0 aromatic carbocycles. The molecule has 0 aromatic rings. The Hall–Kier alpha value is -1.63. The summed E-state index contributed by atoms with van der Waals surface area (Å²) in [5.41, 5.74) is 0. The van der Waals surface area contributed by atoms with Crippen LogP contribution in [0.25, 0.3) is 0 Å². The Labute approximate surface area is 182 Å². The standard InChI is InChI=1S/C23H43N3O4/c1-5-6-13-24-22(29)17(3)15-20(27)19-14-16(2)11-9-7-8-10-12-21(28)25-18(4)23(30)26-19/h16-20,27H,5-15H2,1-4H3,(H,24,29)(H,25,28)(H,26,30)/t16-,17?,18+,19+,20?/m1/s1. The Morgan fingerprint density at radius 1 is 1.17 bits per heavy atom. The van der Waals surface area contributed by atoms with E-state index in [0.717, 1.165) is 44.9 Å². The second-order valence-electron chi connectivity index (χ2n) is 9.05. The summed E-state index contributed by atoms with van der Waals surface area (Å²) in [5, 5.41) is 19.4. The van der Waals surface area contributed by atoms with Crippen molar-refractivity contribution in [1.82, 2.24) is 16.0 Å². The van der Waals surface area contributed by atoms with E-state index in [9.17, 15) is 19.5 Å². The number of unbranched alkanes of at least 4 members (excludes halogenated alkanes) is 1. The molecule has 0 spiro atoms. The zero-order valence-corrected chi connectivity index (χ0v) is 19.3. The molecular weight excluding hydrogens is 382 g/mol. The van der Waals surface area contributed by atoms with Gasteiger partial charge in [-0.1, -0.05) is 52.9 Å². The van der Waals surface area contributed by atoms with E-state index in [2.05, 4.69) is 29.8 Å². The predicted molar refractivity (Wildman–Crippen MR) is 119 cm³/mol. The molecule has 30 heavy (non-hydrogen) atoms. The molecule has 1 saturated heterocycles. The average Bonchev–Trinajstić information content (AvgIpc) is 2.69. The fourth-order valence-electron chi connectivity index (χ4n) is 3.88. The highest BCUT2D eigenvalue weighted by Crippen LogP contribution is 2.21. The number of carbonyl (C=O) groups excluding carboxylic acids is 3. The largest absolute Gasteiger partial charge is 0.391 e. The summed E-state index contributed by atoms with van der Waals surface area (Å²) < 4.78 is 0. The minimum atomic E-state index is -0.820. The summed E-state index contributed by atoms with van der Waals surface area (Å²) in [5.74, 6) is -0.460. The topological polar surface area (TPSA) is 108 Å². The summed E-state index contributed by atoms with van der Waals surface area (Å²) in [4.78, 5) is 36.9. The SMILES string of the molecule is CCCCNC(=O)C(C)CC(O)[C@@H]1C[C@H](C)CCCCCCC(=O)N[C@@H](C)C(=O)N1. The molecular formula is C23H43N3O4. The summed E-state index contributed by atoms with van der Waals surface area (Å²) in [7, 11) is 0. The molecule has 3 amide bonds. The quantitative estimate of drug-likeness (QED) is 0.470. The second kappa shape index (κ2) is 14.4. The maximum atomic E-state index is 12.6. The highest BCUT2D eigenvalue weighted by atomic mass is 16.3. The lowest BCUT2D eigenvalue weighted by atomic mass is 9.89. The van der Waals surface area contributed by atoms with Gasteiger partial charge in [-0.15, -0.1) is 0 Å². The molecule has 174 valence electrons. The summed E-state index contributed by atoms with van der Waals surface area (Å²) in [6.45, 7) is 8.32. The van der Waals surface area contributed by atoms with Crippen LogP contribution in [0.4, 0.5) is 0 Å². The first-order valence-corrected chi connectivity index (χ1v) is 11.8. The molecule has 4 N–H and O–H groups in total. The molecule has 7 nitrogen and oxygen atoms in total. The van der Waals surface area contributed by atoms with Crippen molar-refractivity contribution < 1.29 is 19.5 Å². The van der Waals surface area contributed by atoms with E-state index in [1.165, 1.54) is 0 Å². The van der Waals surface area contributed by atoms with Crippen LogP contribution in [0.3, 0.4) is 0 Å². The van der Waals surface area contributed by atoms with Crippen LogP contribution >= 0.6 is 0 Å². The molecule has 1 aliphatic heterocycles. The summed E-state index contributed by atoms with van der Waals surface area (Å²) in [6.07, 6.45) is 7.53. The Kier molecular flexibility index (Phi) is 12.7. The van der Waals surface area contributed by atoms with Gasteiger partial charge >= 0.3 is 0 Å². The lowest BCUT2D eigenvalue weighted by Crippen LogP contribution is -2.52. The number of hydrogen-bond donors (Lipinski definition) is 4. The first kappa shape index (κ1) is 26.4. The van der Waals surface area contributed by atoms with Gasteiger partial charge in [0, 0.05) is 18.9 Å². The molecule has 7 heteroatoms. The van der Waals surface area contributed by atoms with Gasteiger partial charge in [-0.05, 0) is 38.5 Å². The third-order valence-corrected chi connectivity index (χ3v) is 5.94. The van der Waals surface area contributed by atoms with Crippen molar-refractivity contribution in [1.29, 1.82) is 0 Å². The van der Waals surface area contributed by atoms with Gasteiger partial charge in [0.25, 0.3) is 0 Å². The van der Waals surface area contributed by atoms with Gasteiger partial charge in [-0.2, -0.15) is 0 Å². The van der Waals surface area contributed by atoms with Gasteiger partial charge in [0.1, 0.15) is 6.04 Å². The molecule has 0 saturated carbocycles. The third kappa shape index (κ3) is 10.4. The van der Waals surface area contributed by atoms with E-state index in [0.29, 0.717) is 25.3 Å². The fraction of sp³-hybridized carbons (Fsp3) is 0.870. The summed E-state index contributed by atoms with van der Waals surface area (Å²) >= 11 is 0. The number of hydrogen-bond acceptors (Lipinski definition) is 4. The number of aliphatic hydroxyl groups is 1. The molecule has 1 fully saturated rings. The van der Waals surface area contributed by atoms with Crippen LogP contribution in [0.5, 0.6) is 0 Å². The van der Waals surface area contributed by atoms with E-state index >= 15 is 0 Å². The van der Waals surface area contributed by atoms with Crippen LogP contribution in [-0.4, -0.2) is 47.6 Å². The maximum absolute atomic E-state index is 12.6. The predicted octanol–water partition coefficient (Wildman–Crippen LogP) is 2.66. The lowest BCUT2D eigenvalue weighted by Gasteiger charge is -2.29. The zero-order valence-electron chi connectivity index (χ0n) is 19.3. The number of nitrogens with one attached hydrogen (secondary N) is 3. The van der Waals surface area contributed by atoms with Gasteiger partial charge in [0.15, 0.2) is 0 Å². The third-order valence-electron chi connectivity index (χ3n) is 5.94. The van der Waals surface area contributed by atoms with Crippen molar-refractivity contribution in [3.8, 4) is 0 Å².